The van der Waals surface area contributed by atoms with Crippen LogP contribution in [0, 0.1) is 0 Å². The first-order valence-corrected chi connectivity index (χ1v) is 5.81. The van der Waals surface area contributed by atoms with E-state index in [9.17, 15) is 26.5 Å². The molecule has 0 heterocycles. The van der Waals surface area contributed by atoms with Crippen LogP contribution in [-0.4, -0.2) is 27.7 Å². The Morgan fingerprint density at radius 2 is 1.67 bits per heavy atom. The van der Waals surface area contributed by atoms with Crippen molar-refractivity contribution < 1.29 is 26.5 Å². The maximum absolute atomic E-state index is 12.4. The second-order valence-electron chi connectivity index (χ2n) is 3.26. The Bertz CT molecular complexity index is 194. The minimum Gasteiger partial charge on any atom is -0.616 e. The summed E-state index contributed by atoms with van der Waals surface area (Å²) in [5.41, 5.74) is 0. The summed E-state index contributed by atoms with van der Waals surface area (Å²) < 4.78 is 71.1. The van der Waals surface area contributed by atoms with E-state index in [0.29, 0.717) is 6.42 Å². The third kappa shape index (κ3) is 4.55. The molecule has 0 aromatic carbocycles. The van der Waals surface area contributed by atoms with Crippen LogP contribution in [0.1, 0.15) is 26.7 Å². The van der Waals surface area contributed by atoms with Gasteiger partial charge < -0.3 is 4.55 Å². The molecule has 7 heteroatoms. The molecule has 1 nitrogen and oxygen atoms in total. The molecule has 0 rings (SSSR count). The van der Waals surface area contributed by atoms with Gasteiger partial charge in [0.2, 0.25) is 0 Å². The van der Waals surface area contributed by atoms with Gasteiger partial charge in [0.1, 0.15) is 11.0 Å². The van der Waals surface area contributed by atoms with E-state index in [-0.39, 0.29) is 5.25 Å². The van der Waals surface area contributed by atoms with E-state index in [2.05, 4.69) is 0 Å². The van der Waals surface area contributed by atoms with E-state index in [0.717, 1.165) is 0 Å². The van der Waals surface area contributed by atoms with Gasteiger partial charge in [0.25, 0.3) is 0 Å². The van der Waals surface area contributed by atoms with Crippen LogP contribution in [-0.2, 0) is 11.2 Å². The van der Waals surface area contributed by atoms with E-state index < -0.39 is 35.4 Å². The van der Waals surface area contributed by atoms with E-state index >= 15 is 0 Å². The topological polar surface area (TPSA) is 23.1 Å². The van der Waals surface area contributed by atoms with Gasteiger partial charge in [-0.1, -0.05) is 18.1 Å². The van der Waals surface area contributed by atoms with Crippen LogP contribution in [0.25, 0.3) is 0 Å². The molecule has 0 saturated carbocycles. The van der Waals surface area contributed by atoms with Crippen molar-refractivity contribution in [1.82, 2.24) is 0 Å². The Morgan fingerprint density at radius 3 is 2.00 bits per heavy atom. The van der Waals surface area contributed by atoms with Crippen LogP contribution < -0.4 is 0 Å². The fourth-order valence-corrected chi connectivity index (χ4v) is 1.99. The van der Waals surface area contributed by atoms with Crippen molar-refractivity contribution in [2.75, 3.05) is 5.75 Å². The molecule has 92 valence electrons. The first-order valence-electron chi connectivity index (χ1n) is 4.43. The normalized spacial score (nSPS) is 17.6. The lowest BCUT2D eigenvalue weighted by Gasteiger charge is -2.22. The first kappa shape index (κ1) is 15.0. The van der Waals surface area contributed by atoms with Crippen molar-refractivity contribution in [2.24, 2.45) is 0 Å². The first-order chi connectivity index (χ1) is 6.62. The number of hydrogen-bond acceptors (Lipinski definition) is 1. The fraction of sp³-hybridized carbons (Fsp3) is 1.00. The largest absolute Gasteiger partial charge is 0.616 e. The van der Waals surface area contributed by atoms with Gasteiger partial charge in [-0.25, -0.2) is 0 Å². The zero-order chi connectivity index (χ0) is 12.3. The molecule has 0 aromatic rings. The van der Waals surface area contributed by atoms with Gasteiger partial charge in [0.05, 0.1) is 6.42 Å². The summed E-state index contributed by atoms with van der Waals surface area (Å²) in [7, 11) is 0. The number of alkyl halides is 5. The summed E-state index contributed by atoms with van der Waals surface area (Å²) in [5.74, 6) is -5.36. The van der Waals surface area contributed by atoms with Crippen molar-refractivity contribution in [3.05, 3.63) is 0 Å². The second-order valence-corrected chi connectivity index (χ2v) is 5.23. The highest BCUT2D eigenvalue weighted by molar-refractivity contribution is 7.91. The van der Waals surface area contributed by atoms with Crippen LogP contribution in [0.15, 0.2) is 0 Å². The minimum atomic E-state index is -5.55. The number of rotatable bonds is 5. The maximum Gasteiger partial charge on any atom is 0.453 e. The third-order valence-corrected chi connectivity index (χ3v) is 3.89. The molecule has 0 fully saturated rings. The molecule has 0 radical (unpaired) electrons. The summed E-state index contributed by atoms with van der Waals surface area (Å²) in [6.45, 7) is 3.26. The van der Waals surface area contributed by atoms with Crippen molar-refractivity contribution in [1.29, 1.82) is 0 Å². The quantitative estimate of drug-likeness (QED) is 0.544. The van der Waals surface area contributed by atoms with Crippen LogP contribution >= 0.6 is 0 Å². The highest BCUT2D eigenvalue weighted by atomic mass is 32.2. The Kier molecular flexibility index (Phi) is 5.32. The molecule has 0 aliphatic heterocycles. The number of hydrogen-bond donors (Lipinski definition) is 0. The molecule has 0 spiro atoms. The van der Waals surface area contributed by atoms with Gasteiger partial charge in [0, 0.05) is 0 Å². The van der Waals surface area contributed by atoms with Crippen molar-refractivity contribution in [2.45, 2.75) is 44.0 Å². The molecule has 0 saturated heterocycles. The molecular weight excluding hydrogens is 239 g/mol. The van der Waals surface area contributed by atoms with Gasteiger partial charge in [0.15, 0.2) is 0 Å². The molecule has 0 aliphatic carbocycles. The maximum atomic E-state index is 12.4. The molecular formula is C8H13F5OS. The number of halogens is 5. The van der Waals surface area contributed by atoms with E-state index in [1.807, 2.05) is 0 Å². The third-order valence-electron chi connectivity index (χ3n) is 2.06. The average molecular weight is 252 g/mol. The highest BCUT2D eigenvalue weighted by Gasteiger charge is 2.57. The summed E-state index contributed by atoms with van der Waals surface area (Å²) in [5, 5.41) is -0.353. The summed E-state index contributed by atoms with van der Waals surface area (Å²) >= 11 is -1.63. The second kappa shape index (κ2) is 5.34. The van der Waals surface area contributed by atoms with Crippen LogP contribution in [0.5, 0.6) is 0 Å². The molecule has 2 atom stereocenters. The van der Waals surface area contributed by atoms with E-state index in [4.69, 9.17) is 0 Å². The lowest BCUT2D eigenvalue weighted by atomic mass is 10.2. The molecule has 0 aliphatic rings. The van der Waals surface area contributed by atoms with Crippen LogP contribution in [0.2, 0.25) is 0 Å². The lowest BCUT2D eigenvalue weighted by Crippen LogP contribution is -2.38. The monoisotopic (exact) mass is 252 g/mol. The molecule has 15 heavy (non-hydrogen) atoms. The minimum absolute atomic E-state index is 0.353. The van der Waals surface area contributed by atoms with Crippen molar-refractivity contribution >= 4 is 11.2 Å². The fourth-order valence-electron chi connectivity index (χ4n) is 0.758. The zero-order valence-corrected chi connectivity index (χ0v) is 9.22. The predicted molar refractivity (Wildman–Crippen MR) is 48.4 cm³/mol. The summed E-state index contributed by atoms with van der Waals surface area (Å²) in [4.78, 5) is 0. The smallest absolute Gasteiger partial charge is 0.453 e. The average Bonchev–Trinajstić information content (AvgIpc) is 2.11. The Labute approximate surface area is 88.2 Å². The lowest BCUT2D eigenvalue weighted by molar-refractivity contribution is -0.282. The molecule has 0 bridgehead atoms. The van der Waals surface area contributed by atoms with E-state index in [1.54, 1.807) is 13.8 Å². The Morgan fingerprint density at radius 1 is 1.20 bits per heavy atom. The van der Waals surface area contributed by atoms with Crippen LogP contribution in [0.4, 0.5) is 22.0 Å². The standard InChI is InChI=1S/C8H13F5OS/c1-3-6(2)15(14)5-4-7(9,10)8(11,12)13/h6H,3-5H2,1-2H3. The zero-order valence-electron chi connectivity index (χ0n) is 8.40. The van der Waals surface area contributed by atoms with Gasteiger partial charge in [-0.3, -0.25) is 0 Å². The van der Waals surface area contributed by atoms with Crippen molar-refractivity contribution in [3.8, 4) is 0 Å². The Hall–Kier alpha value is -0.0400. The molecule has 0 amide bonds. The van der Waals surface area contributed by atoms with Gasteiger partial charge in [-0.2, -0.15) is 22.0 Å². The van der Waals surface area contributed by atoms with Crippen LogP contribution in [0.3, 0.4) is 0 Å². The Balaban J connectivity index is 4.16. The van der Waals surface area contributed by atoms with Gasteiger partial charge in [-0.15, -0.1) is 0 Å². The van der Waals surface area contributed by atoms with Gasteiger partial charge >= 0.3 is 12.1 Å². The van der Waals surface area contributed by atoms with Gasteiger partial charge in [-0.05, 0) is 13.3 Å². The predicted octanol–water partition coefficient (Wildman–Crippen LogP) is 3.12. The summed E-state index contributed by atoms with van der Waals surface area (Å²) in [6.07, 6.45) is -6.47. The highest BCUT2D eigenvalue weighted by Crippen LogP contribution is 2.38. The molecule has 0 aromatic heterocycles. The molecule has 2 unspecified atom stereocenters. The SMILES string of the molecule is CCC(C)[S+]([O-])CCC(F)(F)C(F)(F)F. The van der Waals surface area contributed by atoms with Crippen molar-refractivity contribution in [3.63, 3.8) is 0 Å². The van der Waals surface area contributed by atoms with E-state index in [1.165, 1.54) is 0 Å². The molecule has 0 N–H and O–H groups in total. The summed E-state index contributed by atoms with van der Waals surface area (Å²) in [6, 6.07) is 0.